The van der Waals surface area contributed by atoms with E-state index < -0.39 is 0 Å². The second-order valence-electron chi connectivity index (χ2n) is 11.3. The number of benzene rings is 5. The first kappa shape index (κ1) is 24.8. The summed E-state index contributed by atoms with van der Waals surface area (Å²) in [4.78, 5) is 14.9. The molecule has 9 rings (SSSR count). The highest BCUT2D eigenvalue weighted by molar-refractivity contribution is 6.14. The maximum Gasteiger partial charge on any atom is 0.164 e. The van der Waals surface area contributed by atoms with E-state index in [0.29, 0.717) is 23.4 Å². The van der Waals surface area contributed by atoms with Gasteiger partial charge in [0.2, 0.25) is 0 Å². The van der Waals surface area contributed by atoms with Gasteiger partial charge >= 0.3 is 0 Å². The summed E-state index contributed by atoms with van der Waals surface area (Å²) < 4.78 is 2.39. The van der Waals surface area contributed by atoms with Crippen LogP contribution in [0.15, 0.2) is 146 Å². The van der Waals surface area contributed by atoms with Gasteiger partial charge in [-0.1, -0.05) is 127 Å². The molecule has 2 aromatic heterocycles. The van der Waals surface area contributed by atoms with Crippen LogP contribution < -0.4 is 5.32 Å². The van der Waals surface area contributed by atoms with Gasteiger partial charge in [0.15, 0.2) is 17.5 Å². The number of allylic oxidation sites excluding steroid dienone is 2. The Labute approximate surface area is 254 Å². The van der Waals surface area contributed by atoms with Crippen molar-refractivity contribution in [2.75, 3.05) is 5.32 Å². The number of aromatic nitrogens is 4. The van der Waals surface area contributed by atoms with Gasteiger partial charge in [0.1, 0.15) is 0 Å². The van der Waals surface area contributed by atoms with Crippen LogP contribution in [0.1, 0.15) is 11.5 Å². The number of para-hydroxylation sites is 1. The van der Waals surface area contributed by atoms with Crippen LogP contribution in [0, 0.1) is 0 Å². The van der Waals surface area contributed by atoms with Crippen LogP contribution in [-0.2, 0) is 0 Å². The number of anilines is 1. The Morgan fingerprint density at radius 1 is 0.545 bits per heavy atom. The van der Waals surface area contributed by atoms with E-state index in [1.54, 1.807) is 0 Å². The lowest BCUT2D eigenvalue weighted by molar-refractivity contribution is 0.805. The summed E-state index contributed by atoms with van der Waals surface area (Å²) in [6.45, 7) is 0. The molecule has 0 spiro atoms. The highest BCUT2D eigenvalue weighted by Crippen LogP contribution is 2.46. The molecule has 1 aliphatic heterocycles. The van der Waals surface area contributed by atoms with E-state index in [1.807, 2.05) is 60.7 Å². The van der Waals surface area contributed by atoms with Crippen LogP contribution in [0.3, 0.4) is 0 Å². The molecule has 0 radical (unpaired) electrons. The van der Waals surface area contributed by atoms with Crippen molar-refractivity contribution in [1.82, 2.24) is 19.5 Å². The summed E-state index contributed by atoms with van der Waals surface area (Å²) in [7, 11) is 0. The molecule has 1 aliphatic carbocycles. The van der Waals surface area contributed by atoms with E-state index in [-0.39, 0.29) is 6.04 Å². The third kappa shape index (κ3) is 3.90. The lowest BCUT2D eigenvalue weighted by Crippen LogP contribution is -2.17. The minimum Gasteiger partial charge on any atom is -0.376 e. The molecule has 0 saturated carbocycles. The Kier molecular flexibility index (Phi) is 5.56. The molecule has 0 fully saturated rings. The summed E-state index contributed by atoms with van der Waals surface area (Å²) in [5, 5.41) is 6.33. The van der Waals surface area contributed by atoms with Gasteiger partial charge in [-0.15, -0.1) is 0 Å². The SMILES string of the molecule is C1=CC2Nc3c(ccc4c5ccccc5n(-c5cccc(-c6nc(-c7ccccc7)nc(-c7ccccc7)n6)c5)c34)C2C=C1. The molecule has 2 atom stereocenters. The number of nitrogens with one attached hydrogen (secondary N) is 1. The summed E-state index contributed by atoms with van der Waals surface area (Å²) >= 11 is 0. The van der Waals surface area contributed by atoms with E-state index in [2.05, 4.69) is 94.9 Å². The molecule has 1 N–H and O–H groups in total. The maximum absolute atomic E-state index is 4.99. The number of fused-ring (bicyclic) bond motifs is 7. The first-order chi connectivity index (χ1) is 21.8. The van der Waals surface area contributed by atoms with E-state index in [1.165, 1.54) is 33.1 Å². The van der Waals surface area contributed by atoms with Crippen molar-refractivity contribution in [3.8, 4) is 39.9 Å². The zero-order valence-corrected chi connectivity index (χ0v) is 23.8. The first-order valence-corrected chi connectivity index (χ1v) is 15.0. The largest absolute Gasteiger partial charge is 0.376 e. The first-order valence-electron chi connectivity index (χ1n) is 15.0. The van der Waals surface area contributed by atoms with Crippen molar-refractivity contribution in [1.29, 1.82) is 0 Å². The monoisotopic (exact) mass is 565 g/mol. The third-order valence-corrected chi connectivity index (χ3v) is 8.74. The second kappa shape index (κ2) is 9.89. The van der Waals surface area contributed by atoms with Gasteiger partial charge in [0.25, 0.3) is 0 Å². The zero-order chi connectivity index (χ0) is 29.0. The Bertz CT molecular complexity index is 2210. The van der Waals surface area contributed by atoms with Gasteiger partial charge in [0.05, 0.1) is 22.8 Å². The Balaban J connectivity index is 1.26. The average molecular weight is 566 g/mol. The van der Waals surface area contributed by atoms with Crippen LogP contribution in [0.4, 0.5) is 5.69 Å². The number of rotatable bonds is 4. The Morgan fingerprint density at radius 3 is 1.93 bits per heavy atom. The predicted molar refractivity (Wildman–Crippen MR) is 179 cm³/mol. The van der Waals surface area contributed by atoms with Crippen molar-refractivity contribution in [3.05, 3.63) is 151 Å². The minimum atomic E-state index is 0.261. The van der Waals surface area contributed by atoms with Crippen molar-refractivity contribution in [3.63, 3.8) is 0 Å². The van der Waals surface area contributed by atoms with E-state index in [4.69, 9.17) is 15.0 Å². The van der Waals surface area contributed by atoms with Crippen molar-refractivity contribution < 1.29 is 0 Å². The van der Waals surface area contributed by atoms with Crippen molar-refractivity contribution >= 4 is 27.5 Å². The standard InChI is InChI=1S/C39H27N5/c1-3-12-25(13-4-1)37-41-38(26-14-5-2-6-15-26)43-39(42-37)27-16-11-17-28(24-27)44-34-21-10-8-19-30(34)32-23-22-31-29-18-7-9-20-33(29)40-35(31)36(32)44/h1-24,29,33,40H. The maximum atomic E-state index is 4.99. The number of hydrogen-bond donors (Lipinski definition) is 1. The highest BCUT2D eigenvalue weighted by atomic mass is 15.1. The smallest absolute Gasteiger partial charge is 0.164 e. The Morgan fingerprint density at radius 2 is 1.18 bits per heavy atom. The molecule has 7 aromatic rings. The predicted octanol–water partition coefficient (Wildman–Crippen LogP) is 8.97. The number of nitrogens with zero attached hydrogens (tertiary/aromatic N) is 4. The molecule has 44 heavy (non-hydrogen) atoms. The van der Waals surface area contributed by atoms with Crippen molar-refractivity contribution in [2.24, 2.45) is 0 Å². The number of hydrogen-bond acceptors (Lipinski definition) is 4. The van der Waals surface area contributed by atoms with Crippen LogP contribution in [0.25, 0.3) is 61.7 Å². The molecule has 0 amide bonds. The van der Waals surface area contributed by atoms with Gasteiger partial charge in [0, 0.05) is 39.1 Å². The minimum absolute atomic E-state index is 0.261. The van der Waals surface area contributed by atoms with Gasteiger partial charge in [-0.3, -0.25) is 0 Å². The quantitative estimate of drug-likeness (QED) is 0.231. The summed E-state index contributed by atoms with van der Waals surface area (Å²) in [5.41, 5.74) is 8.81. The molecule has 5 nitrogen and oxygen atoms in total. The Hall–Kier alpha value is -5.81. The van der Waals surface area contributed by atoms with E-state index >= 15 is 0 Å². The van der Waals surface area contributed by atoms with Crippen LogP contribution in [0.5, 0.6) is 0 Å². The molecule has 5 heteroatoms. The molecule has 208 valence electrons. The van der Waals surface area contributed by atoms with Crippen LogP contribution in [-0.4, -0.2) is 25.6 Å². The molecule has 5 aromatic carbocycles. The van der Waals surface area contributed by atoms with Gasteiger partial charge in [-0.05, 0) is 23.8 Å². The molecular weight excluding hydrogens is 538 g/mol. The normalized spacial score (nSPS) is 16.6. The molecule has 0 saturated heterocycles. The fourth-order valence-corrected chi connectivity index (χ4v) is 6.70. The molecule has 3 heterocycles. The average Bonchev–Trinajstić information content (AvgIpc) is 3.65. The van der Waals surface area contributed by atoms with Crippen molar-refractivity contribution in [2.45, 2.75) is 12.0 Å². The lowest BCUT2D eigenvalue weighted by Gasteiger charge is -2.15. The molecular formula is C39H27N5. The second-order valence-corrected chi connectivity index (χ2v) is 11.3. The zero-order valence-electron chi connectivity index (χ0n) is 23.8. The third-order valence-electron chi connectivity index (χ3n) is 8.74. The lowest BCUT2D eigenvalue weighted by atomic mass is 9.91. The summed E-state index contributed by atoms with van der Waals surface area (Å²) in [5.74, 6) is 2.28. The molecule has 2 unspecified atom stereocenters. The van der Waals surface area contributed by atoms with E-state index in [0.717, 1.165) is 22.4 Å². The van der Waals surface area contributed by atoms with Gasteiger partial charge < -0.3 is 9.88 Å². The molecule has 0 bridgehead atoms. The van der Waals surface area contributed by atoms with Gasteiger partial charge in [-0.25, -0.2) is 15.0 Å². The van der Waals surface area contributed by atoms with Crippen LogP contribution >= 0.6 is 0 Å². The summed E-state index contributed by atoms with van der Waals surface area (Å²) in [6.07, 6.45) is 8.86. The van der Waals surface area contributed by atoms with Crippen LogP contribution in [0.2, 0.25) is 0 Å². The van der Waals surface area contributed by atoms with Gasteiger partial charge in [-0.2, -0.15) is 0 Å². The highest BCUT2D eigenvalue weighted by Gasteiger charge is 2.32. The fraction of sp³-hybridized carbons (Fsp3) is 0.0513. The summed E-state index contributed by atoms with van der Waals surface area (Å²) in [6, 6.07) is 42.3. The van der Waals surface area contributed by atoms with E-state index in [9.17, 15) is 0 Å². The fourth-order valence-electron chi connectivity index (χ4n) is 6.70. The molecule has 2 aliphatic rings. The topological polar surface area (TPSA) is 55.6 Å².